The number of rotatable bonds is 3. The van der Waals surface area contributed by atoms with E-state index in [-0.39, 0.29) is 12.1 Å². The third kappa shape index (κ3) is 3.64. The predicted octanol–water partition coefficient (Wildman–Crippen LogP) is 0.539. The molecule has 4 heteroatoms. The Kier molecular flexibility index (Phi) is 3.59. The third-order valence-corrected chi connectivity index (χ3v) is 0.747. The third-order valence-electron chi connectivity index (χ3n) is 0.747. The van der Waals surface area contributed by atoms with E-state index in [1.165, 1.54) is 7.11 Å². The van der Waals surface area contributed by atoms with Gasteiger partial charge in [0.15, 0.2) is 0 Å². The van der Waals surface area contributed by atoms with Crippen molar-refractivity contribution in [2.24, 2.45) is 0 Å². The van der Waals surface area contributed by atoms with E-state index in [9.17, 15) is 9.18 Å². The smallest absolute Gasteiger partial charge is 0.311 e. The van der Waals surface area contributed by atoms with Gasteiger partial charge in [0.05, 0.1) is 19.2 Å². The fourth-order valence-corrected chi connectivity index (χ4v) is 0.294. The van der Waals surface area contributed by atoms with E-state index < -0.39 is 12.6 Å². The van der Waals surface area contributed by atoms with Gasteiger partial charge >= 0.3 is 5.97 Å². The van der Waals surface area contributed by atoms with Crippen LogP contribution in [0.4, 0.5) is 4.39 Å². The summed E-state index contributed by atoms with van der Waals surface area (Å²) in [6, 6.07) is 0. The van der Waals surface area contributed by atoms with E-state index in [2.05, 4.69) is 4.74 Å². The average molecular weight is 133 g/mol. The molecule has 0 saturated heterocycles. The lowest BCUT2D eigenvalue weighted by molar-refractivity contribution is -0.139. The van der Waals surface area contributed by atoms with Crippen LogP contribution in [-0.4, -0.2) is 25.5 Å². The van der Waals surface area contributed by atoms with Gasteiger partial charge in [0, 0.05) is 0 Å². The highest BCUT2D eigenvalue weighted by Gasteiger charge is 2.03. The number of hydrogen-bond donors (Lipinski definition) is 1. The standard InChI is InChI=1S/C5H8FNO2/c1-9-5(8)2-4(7)3-6/h7H,2-3H2,1H3. The molecule has 0 saturated carbocycles. The van der Waals surface area contributed by atoms with Gasteiger partial charge in [-0.05, 0) is 0 Å². The number of carbonyl (C=O) groups is 1. The highest BCUT2D eigenvalue weighted by molar-refractivity contribution is 5.97. The highest BCUT2D eigenvalue weighted by atomic mass is 19.1. The van der Waals surface area contributed by atoms with Crippen LogP contribution in [0.5, 0.6) is 0 Å². The molecule has 0 spiro atoms. The minimum Gasteiger partial charge on any atom is -0.469 e. The first-order valence-electron chi connectivity index (χ1n) is 2.39. The van der Waals surface area contributed by atoms with Crippen molar-refractivity contribution in [3.63, 3.8) is 0 Å². The first-order valence-corrected chi connectivity index (χ1v) is 2.39. The number of methoxy groups -OCH3 is 1. The molecular formula is C5H8FNO2. The van der Waals surface area contributed by atoms with Crippen LogP contribution in [-0.2, 0) is 9.53 Å². The van der Waals surface area contributed by atoms with E-state index in [1.54, 1.807) is 0 Å². The van der Waals surface area contributed by atoms with Crippen LogP contribution >= 0.6 is 0 Å². The Morgan fingerprint density at radius 2 is 2.33 bits per heavy atom. The van der Waals surface area contributed by atoms with Gasteiger partial charge in [-0.1, -0.05) is 0 Å². The summed E-state index contributed by atoms with van der Waals surface area (Å²) in [5.74, 6) is -0.572. The molecule has 0 aromatic carbocycles. The molecule has 52 valence electrons. The summed E-state index contributed by atoms with van der Waals surface area (Å²) in [6.45, 7) is -0.880. The number of ether oxygens (including phenoxy) is 1. The van der Waals surface area contributed by atoms with Crippen LogP contribution in [0.15, 0.2) is 0 Å². The number of halogens is 1. The Morgan fingerprint density at radius 1 is 1.78 bits per heavy atom. The summed E-state index contributed by atoms with van der Waals surface area (Å²) in [7, 11) is 1.20. The minimum atomic E-state index is -0.880. The van der Waals surface area contributed by atoms with Crippen LogP contribution in [0.2, 0.25) is 0 Å². The second kappa shape index (κ2) is 4.00. The van der Waals surface area contributed by atoms with Gasteiger partial charge in [0.1, 0.15) is 6.67 Å². The van der Waals surface area contributed by atoms with Gasteiger partial charge in [0.25, 0.3) is 0 Å². The molecule has 1 N–H and O–H groups in total. The number of carbonyl (C=O) groups excluding carboxylic acids is 1. The summed E-state index contributed by atoms with van der Waals surface area (Å²) in [4.78, 5) is 10.3. The van der Waals surface area contributed by atoms with Crippen molar-refractivity contribution >= 4 is 11.7 Å². The highest BCUT2D eigenvalue weighted by Crippen LogP contribution is 1.87. The van der Waals surface area contributed by atoms with E-state index in [0.29, 0.717) is 0 Å². The van der Waals surface area contributed by atoms with Crippen molar-refractivity contribution in [1.29, 1.82) is 5.41 Å². The lowest BCUT2D eigenvalue weighted by Crippen LogP contribution is -2.09. The Morgan fingerprint density at radius 3 is 2.67 bits per heavy atom. The van der Waals surface area contributed by atoms with Crippen molar-refractivity contribution in [3.05, 3.63) is 0 Å². The number of hydrogen-bond acceptors (Lipinski definition) is 3. The van der Waals surface area contributed by atoms with Crippen molar-refractivity contribution in [3.8, 4) is 0 Å². The lowest BCUT2D eigenvalue weighted by atomic mass is 10.3. The van der Waals surface area contributed by atoms with Gasteiger partial charge in [-0.25, -0.2) is 4.39 Å². The number of esters is 1. The van der Waals surface area contributed by atoms with Crippen molar-refractivity contribution in [1.82, 2.24) is 0 Å². The van der Waals surface area contributed by atoms with Crippen LogP contribution in [0, 0.1) is 5.41 Å². The molecule has 0 unspecified atom stereocenters. The first kappa shape index (κ1) is 8.07. The minimum absolute atomic E-state index is 0.243. The molecule has 0 atom stereocenters. The molecule has 0 fully saturated rings. The first-order chi connectivity index (χ1) is 4.20. The van der Waals surface area contributed by atoms with E-state index >= 15 is 0 Å². The average Bonchev–Trinajstić information content (AvgIpc) is 1.87. The van der Waals surface area contributed by atoms with Gasteiger partial charge in [-0.3, -0.25) is 4.79 Å². The zero-order valence-electron chi connectivity index (χ0n) is 5.11. The number of nitrogens with one attached hydrogen (secondary N) is 1. The Balaban J connectivity index is 3.47. The summed E-state index contributed by atoms with van der Waals surface area (Å²) < 4.78 is 15.6. The van der Waals surface area contributed by atoms with Crippen LogP contribution < -0.4 is 0 Å². The lowest BCUT2D eigenvalue weighted by Gasteiger charge is -1.95. The van der Waals surface area contributed by atoms with E-state index in [1.807, 2.05) is 0 Å². The molecule has 9 heavy (non-hydrogen) atoms. The monoisotopic (exact) mass is 133 g/mol. The van der Waals surface area contributed by atoms with Gasteiger partial charge < -0.3 is 10.1 Å². The fraction of sp³-hybridized carbons (Fsp3) is 0.600. The van der Waals surface area contributed by atoms with Crippen LogP contribution in [0.3, 0.4) is 0 Å². The number of alkyl halides is 1. The maximum absolute atomic E-state index is 11.5. The molecule has 0 heterocycles. The SMILES string of the molecule is COC(=O)CC(=N)CF. The maximum Gasteiger partial charge on any atom is 0.311 e. The second-order valence-electron chi connectivity index (χ2n) is 1.49. The predicted molar refractivity (Wildman–Crippen MR) is 30.3 cm³/mol. The Hall–Kier alpha value is -0.930. The van der Waals surface area contributed by atoms with Gasteiger partial charge in [-0.2, -0.15) is 0 Å². The normalized spacial score (nSPS) is 8.67. The Labute approximate surface area is 52.3 Å². The largest absolute Gasteiger partial charge is 0.469 e. The van der Waals surface area contributed by atoms with Gasteiger partial charge in [0.2, 0.25) is 0 Å². The molecule has 0 bridgehead atoms. The molecule has 0 aliphatic carbocycles. The van der Waals surface area contributed by atoms with Crippen LogP contribution in [0.25, 0.3) is 0 Å². The molecular weight excluding hydrogens is 125 g/mol. The van der Waals surface area contributed by atoms with Crippen molar-refractivity contribution in [2.75, 3.05) is 13.8 Å². The second-order valence-corrected chi connectivity index (χ2v) is 1.49. The quantitative estimate of drug-likeness (QED) is 0.451. The molecule has 0 aliphatic heterocycles. The molecule has 3 nitrogen and oxygen atoms in total. The Bertz CT molecular complexity index is 110. The maximum atomic E-state index is 11.5. The van der Waals surface area contributed by atoms with Gasteiger partial charge in [-0.15, -0.1) is 0 Å². The molecule has 0 radical (unpaired) electrons. The van der Waals surface area contributed by atoms with Crippen molar-refractivity contribution in [2.45, 2.75) is 6.42 Å². The molecule has 0 rings (SSSR count). The molecule has 0 aromatic rings. The summed E-state index contributed by atoms with van der Waals surface area (Å²) in [6.07, 6.45) is -0.243. The molecule has 0 aliphatic rings. The molecule has 0 aromatic heterocycles. The zero-order chi connectivity index (χ0) is 7.28. The zero-order valence-corrected chi connectivity index (χ0v) is 5.11. The van der Waals surface area contributed by atoms with Crippen LogP contribution in [0.1, 0.15) is 6.42 Å². The van der Waals surface area contributed by atoms with Crippen molar-refractivity contribution < 1.29 is 13.9 Å². The fourth-order valence-electron chi connectivity index (χ4n) is 0.294. The summed E-state index contributed by atoms with van der Waals surface area (Å²) in [5, 5.41) is 6.70. The van der Waals surface area contributed by atoms with E-state index in [4.69, 9.17) is 5.41 Å². The summed E-state index contributed by atoms with van der Waals surface area (Å²) in [5.41, 5.74) is -0.248. The molecule has 0 amide bonds. The topological polar surface area (TPSA) is 50.2 Å². The summed E-state index contributed by atoms with van der Waals surface area (Å²) >= 11 is 0. The van der Waals surface area contributed by atoms with E-state index in [0.717, 1.165) is 0 Å².